The van der Waals surface area contributed by atoms with Crippen LogP contribution in [0.2, 0.25) is 0 Å². The first-order valence-corrected chi connectivity index (χ1v) is 12.2. The largest absolute Gasteiger partial charge is 0.492 e. The van der Waals surface area contributed by atoms with Crippen molar-refractivity contribution in [1.29, 1.82) is 0 Å². The topological polar surface area (TPSA) is 93.0 Å². The number of aryl methyl sites for hydroxylation is 1. The van der Waals surface area contributed by atoms with Gasteiger partial charge in [-0.05, 0) is 74.3 Å². The summed E-state index contributed by atoms with van der Waals surface area (Å²) in [5, 5.41) is 5.74. The Bertz CT molecular complexity index is 1160. The lowest BCUT2D eigenvalue weighted by Gasteiger charge is -2.31. The number of hydrogen-bond donors (Lipinski definition) is 2. The minimum Gasteiger partial charge on any atom is -0.492 e. The van der Waals surface area contributed by atoms with Gasteiger partial charge in [-0.15, -0.1) is 0 Å². The Morgan fingerprint density at radius 1 is 1.06 bits per heavy atom. The number of amides is 2. The second kappa shape index (κ2) is 12.4. The minimum absolute atomic E-state index is 0.210. The SMILES string of the molecule is Cc1ccc(C(=O)NCc2cccc(OCCN(C)C3CCOCC3)c2)cc1NC(=O)c1ccco1. The summed E-state index contributed by atoms with van der Waals surface area (Å²) in [6.07, 6.45) is 3.56. The molecule has 1 saturated heterocycles. The molecule has 0 bridgehead atoms. The zero-order valence-electron chi connectivity index (χ0n) is 20.8. The first-order valence-electron chi connectivity index (χ1n) is 12.2. The Morgan fingerprint density at radius 2 is 1.89 bits per heavy atom. The first kappa shape index (κ1) is 25.5. The molecule has 0 aliphatic carbocycles. The number of anilines is 1. The summed E-state index contributed by atoms with van der Waals surface area (Å²) in [4.78, 5) is 27.4. The van der Waals surface area contributed by atoms with Crippen molar-refractivity contribution in [2.75, 3.05) is 38.7 Å². The summed E-state index contributed by atoms with van der Waals surface area (Å²) in [5.41, 5.74) is 2.81. The molecule has 0 unspecified atom stereocenters. The molecule has 1 fully saturated rings. The van der Waals surface area contributed by atoms with Gasteiger partial charge in [0.25, 0.3) is 11.8 Å². The Balaban J connectivity index is 1.28. The van der Waals surface area contributed by atoms with E-state index in [1.807, 2.05) is 31.2 Å². The third kappa shape index (κ3) is 6.96. The molecule has 1 aliphatic heterocycles. The molecule has 190 valence electrons. The number of rotatable bonds is 10. The van der Waals surface area contributed by atoms with Crippen LogP contribution in [0, 0.1) is 6.92 Å². The lowest BCUT2D eigenvalue weighted by atomic mass is 10.1. The molecule has 8 heteroatoms. The molecule has 8 nitrogen and oxygen atoms in total. The fraction of sp³-hybridized carbons (Fsp3) is 0.357. The van der Waals surface area contributed by atoms with Gasteiger partial charge in [0.2, 0.25) is 0 Å². The van der Waals surface area contributed by atoms with E-state index >= 15 is 0 Å². The lowest BCUT2D eigenvalue weighted by molar-refractivity contribution is 0.0392. The molecule has 2 amide bonds. The van der Waals surface area contributed by atoms with Crippen LogP contribution in [-0.2, 0) is 11.3 Å². The van der Waals surface area contributed by atoms with Crippen molar-refractivity contribution in [2.45, 2.75) is 32.4 Å². The van der Waals surface area contributed by atoms with Gasteiger partial charge in [0, 0.05) is 43.6 Å². The molecule has 1 aromatic heterocycles. The standard InChI is InChI=1S/C28H33N3O5/c1-20-8-9-22(18-25(20)30-28(33)26-7-4-13-36-26)27(32)29-19-21-5-3-6-24(17-21)35-16-12-31(2)23-10-14-34-15-11-23/h3-9,13,17-18,23H,10-12,14-16,19H2,1-2H3,(H,29,32)(H,30,33). The van der Waals surface area contributed by atoms with E-state index in [1.54, 1.807) is 30.3 Å². The maximum absolute atomic E-state index is 12.8. The van der Waals surface area contributed by atoms with Crippen molar-refractivity contribution in [3.8, 4) is 5.75 Å². The number of nitrogens with one attached hydrogen (secondary N) is 2. The van der Waals surface area contributed by atoms with Gasteiger partial charge in [0.15, 0.2) is 5.76 Å². The number of carbonyl (C=O) groups excluding carboxylic acids is 2. The first-order chi connectivity index (χ1) is 17.5. The summed E-state index contributed by atoms with van der Waals surface area (Å²) in [6, 6.07) is 16.7. The van der Waals surface area contributed by atoms with Crippen LogP contribution in [0.15, 0.2) is 65.3 Å². The normalized spacial score (nSPS) is 14.0. The summed E-state index contributed by atoms with van der Waals surface area (Å²) in [5.74, 6) is 0.395. The van der Waals surface area contributed by atoms with Gasteiger partial charge in [0.05, 0.1) is 6.26 Å². The highest BCUT2D eigenvalue weighted by molar-refractivity contribution is 6.03. The molecular weight excluding hydrogens is 458 g/mol. The van der Waals surface area contributed by atoms with Gasteiger partial charge in [-0.3, -0.25) is 14.5 Å². The van der Waals surface area contributed by atoms with E-state index in [0.717, 1.165) is 49.5 Å². The third-order valence-corrected chi connectivity index (χ3v) is 6.37. The minimum atomic E-state index is -0.364. The molecule has 2 heterocycles. The summed E-state index contributed by atoms with van der Waals surface area (Å²) >= 11 is 0. The molecule has 0 spiro atoms. The van der Waals surface area contributed by atoms with E-state index in [-0.39, 0.29) is 17.6 Å². The maximum atomic E-state index is 12.8. The molecular formula is C28H33N3O5. The van der Waals surface area contributed by atoms with Crippen LogP contribution in [0.5, 0.6) is 5.75 Å². The predicted octanol–water partition coefficient (Wildman–Crippen LogP) is 4.26. The number of carbonyl (C=O) groups is 2. The Hall–Kier alpha value is -3.62. The Morgan fingerprint density at radius 3 is 2.67 bits per heavy atom. The number of hydrogen-bond acceptors (Lipinski definition) is 6. The molecule has 4 rings (SSSR count). The molecule has 0 atom stereocenters. The Kier molecular flexibility index (Phi) is 8.76. The number of furan rings is 1. The zero-order valence-corrected chi connectivity index (χ0v) is 20.8. The van der Waals surface area contributed by atoms with Crippen molar-refractivity contribution >= 4 is 17.5 Å². The van der Waals surface area contributed by atoms with Gasteiger partial charge in [-0.25, -0.2) is 0 Å². The highest BCUT2D eigenvalue weighted by Gasteiger charge is 2.18. The van der Waals surface area contributed by atoms with Crippen molar-refractivity contribution < 1.29 is 23.5 Å². The number of benzene rings is 2. The van der Waals surface area contributed by atoms with Gasteiger partial charge >= 0.3 is 0 Å². The fourth-order valence-electron chi connectivity index (χ4n) is 4.14. The highest BCUT2D eigenvalue weighted by Crippen LogP contribution is 2.19. The van der Waals surface area contributed by atoms with Gasteiger partial charge in [-0.1, -0.05) is 18.2 Å². The Labute approximate surface area is 211 Å². The molecule has 3 aromatic rings. The monoisotopic (exact) mass is 491 g/mol. The molecule has 2 N–H and O–H groups in total. The van der Waals surface area contributed by atoms with Crippen molar-refractivity contribution in [1.82, 2.24) is 10.2 Å². The second-order valence-electron chi connectivity index (χ2n) is 8.96. The summed E-state index contributed by atoms with van der Waals surface area (Å²) < 4.78 is 16.5. The average molecular weight is 492 g/mol. The number of nitrogens with zero attached hydrogens (tertiary/aromatic N) is 1. The summed E-state index contributed by atoms with van der Waals surface area (Å²) in [6.45, 7) is 5.32. The van der Waals surface area contributed by atoms with Crippen LogP contribution in [0.3, 0.4) is 0 Å². The second-order valence-corrected chi connectivity index (χ2v) is 8.96. The smallest absolute Gasteiger partial charge is 0.291 e. The molecule has 1 aliphatic rings. The number of ether oxygens (including phenoxy) is 2. The lowest BCUT2D eigenvalue weighted by Crippen LogP contribution is -2.38. The predicted molar refractivity (Wildman–Crippen MR) is 137 cm³/mol. The molecule has 2 aromatic carbocycles. The van der Waals surface area contributed by atoms with Crippen molar-refractivity contribution in [2.24, 2.45) is 0 Å². The highest BCUT2D eigenvalue weighted by atomic mass is 16.5. The molecule has 0 radical (unpaired) electrons. The van der Waals surface area contributed by atoms with Gasteiger partial charge in [-0.2, -0.15) is 0 Å². The van der Waals surface area contributed by atoms with E-state index < -0.39 is 0 Å². The van der Waals surface area contributed by atoms with E-state index in [9.17, 15) is 9.59 Å². The van der Waals surface area contributed by atoms with Crippen molar-refractivity contribution in [3.05, 3.63) is 83.3 Å². The van der Waals surface area contributed by atoms with Crippen LogP contribution < -0.4 is 15.4 Å². The zero-order chi connectivity index (χ0) is 25.3. The van der Waals surface area contributed by atoms with Crippen LogP contribution in [-0.4, -0.2) is 56.2 Å². The van der Waals surface area contributed by atoms with E-state index in [0.29, 0.717) is 30.4 Å². The van der Waals surface area contributed by atoms with E-state index in [1.165, 1.54) is 6.26 Å². The third-order valence-electron chi connectivity index (χ3n) is 6.37. The van der Waals surface area contributed by atoms with Crippen LogP contribution in [0.25, 0.3) is 0 Å². The van der Waals surface area contributed by atoms with Gasteiger partial charge in [0.1, 0.15) is 12.4 Å². The fourth-order valence-corrected chi connectivity index (χ4v) is 4.14. The van der Waals surface area contributed by atoms with Crippen molar-refractivity contribution in [3.63, 3.8) is 0 Å². The molecule has 0 saturated carbocycles. The maximum Gasteiger partial charge on any atom is 0.291 e. The van der Waals surface area contributed by atoms with E-state index in [2.05, 4.69) is 22.6 Å². The quantitative estimate of drug-likeness (QED) is 0.440. The molecule has 36 heavy (non-hydrogen) atoms. The van der Waals surface area contributed by atoms with Gasteiger partial charge < -0.3 is 24.5 Å². The number of likely N-dealkylation sites (N-methyl/N-ethyl adjacent to an activating group) is 1. The summed E-state index contributed by atoms with van der Waals surface area (Å²) in [7, 11) is 2.13. The van der Waals surface area contributed by atoms with E-state index in [4.69, 9.17) is 13.9 Å². The average Bonchev–Trinajstić information content (AvgIpc) is 3.45. The van der Waals surface area contributed by atoms with Crippen LogP contribution >= 0.6 is 0 Å². The van der Waals surface area contributed by atoms with Crippen LogP contribution in [0.4, 0.5) is 5.69 Å². The van der Waals surface area contributed by atoms with Crippen LogP contribution in [0.1, 0.15) is 44.9 Å².